The van der Waals surface area contributed by atoms with Crippen molar-refractivity contribution in [3.8, 4) is 6.07 Å². The molecule has 2 unspecified atom stereocenters. The molecule has 0 fully saturated rings. The first kappa shape index (κ1) is 22.0. The van der Waals surface area contributed by atoms with Crippen LogP contribution in [0.15, 0.2) is 66.3 Å². The molecule has 0 saturated heterocycles. The molecule has 2 aromatic rings. The van der Waals surface area contributed by atoms with Gasteiger partial charge >= 0.3 is 5.97 Å². The number of nitrogens with zero attached hydrogens (tertiary/aromatic N) is 1. The third-order valence-electron chi connectivity index (χ3n) is 4.06. The summed E-state index contributed by atoms with van der Waals surface area (Å²) in [4.78, 5) is 10.6. The van der Waals surface area contributed by atoms with E-state index in [2.05, 4.69) is 0 Å². The summed E-state index contributed by atoms with van der Waals surface area (Å²) in [7, 11) is 0. The van der Waals surface area contributed by atoms with Gasteiger partial charge in [-0.1, -0.05) is 30.3 Å². The zero-order valence-electron chi connectivity index (χ0n) is 15.3. The minimum atomic E-state index is -1.24. The maximum absolute atomic E-state index is 13.3. The molecule has 0 radical (unpaired) electrons. The van der Waals surface area contributed by atoms with Crippen molar-refractivity contribution in [3.63, 3.8) is 0 Å². The molecular weight excluding hydrogens is 380 g/mol. The Kier molecular flexibility index (Phi) is 7.78. The highest BCUT2D eigenvalue weighted by atomic mass is 19.1. The number of allylic oxidation sites excluding steroid dienone is 2. The van der Waals surface area contributed by atoms with Gasteiger partial charge in [0.2, 0.25) is 0 Å². The summed E-state index contributed by atoms with van der Waals surface area (Å²) in [6, 6.07) is 12.8. The summed E-state index contributed by atoms with van der Waals surface area (Å²) < 4.78 is 26.6. The molecule has 2 atom stereocenters. The van der Waals surface area contributed by atoms with E-state index >= 15 is 0 Å². The topological polar surface area (TPSA) is 102 Å². The van der Waals surface area contributed by atoms with E-state index in [-0.39, 0.29) is 12.0 Å². The van der Waals surface area contributed by atoms with Crippen LogP contribution in [0.5, 0.6) is 0 Å². The molecule has 0 aliphatic rings. The van der Waals surface area contributed by atoms with E-state index in [1.165, 1.54) is 60.7 Å². The van der Waals surface area contributed by atoms with Gasteiger partial charge in [0.25, 0.3) is 0 Å². The van der Waals surface area contributed by atoms with Crippen molar-refractivity contribution in [3.05, 3.63) is 89.0 Å². The van der Waals surface area contributed by atoms with Crippen LogP contribution >= 0.6 is 0 Å². The van der Waals surface area contributed by atoms with Gasteiger partial charge < -0.3 is 15.3 Å². The number of aliphatic carboxylic acids is 1. The van der Waals surface area contributed by atoms with Gasteiger partial charge in [-0.25, -0.2) is 8.78 Å². The zero-order chi connectivity index (χ0) is 21.4. The highest BCUT2D eigenvalue weighted by molar-refractivity contribution is 5.85. The summed E-state index contributed by atoms with van der Waals surface area (Å²) in [5.74, 6) is -2.10. The van der Waals surface area contributed by atoms with Crippen LogP contribution in [0, 0.1) is 23.0 Å². The molecule has 0 saturated carbocycles. The summed E-state index contributed by atoms with van der Waals surface area (Å²) in [5.41, 5.74) is 1.55. The number of benzene rings is 2. The van der Waals surface area contributed by atoms with Crippen LogP contribution in [0.4, 0.5) is 8.78 Å². The Hall–Kier alpha value is -3.34. The van der Waals surface area contributed by atoms with E-state index in [0.29, 0.717) is 16.7 Å². The SMILES string of the molecule is N#CC(/C=C/C(O)CC(O)CC(=O)O)=C(c1ccc(F)cc1)c1ccc(F)cc1. The number of halogens is 2. The number of hydrogen-bond acceptors (Lipinski definition) is 4. The van der Waals surface area contributed by atoms with Gasteiger partial charge in [-0.05, 0) is 41.5 Å². The van der Waals surface area contributed by atoms with Crippen molar-refractivity contribution in [1.82, 2.24) is 0 Å². The minimum Gasteiger partial charge on any atom is -0.481 e. The first-order valence-electron chi connectivity index (χ1n) is 8.72. The molecular formula is C22H19F2NO4. The molecule has 150 valence electrons. The number of rotatable bonds is 8. The minimum absolute atomic E-state index is 0.120. The molecule has 2 aromatic carbocycles. The predicted molar refractivity (Wildman–Crippen MR) is 102 cm³/mol. The number of aliphatic hydroxyl groups excluding tert-OH is 2. The second-order valence-electron chi connectivity index (χ2n) is 6.33. The Balaban J connectivity index is 2.41. The van der Waals surface area contributed by atoms with Crippen molar-refractivity contribution < 1.29 is 28.9 Å². The Morgan fingerprint density at radius 2 is 1.48 bits per heavy atom. The van der Waals surface area contributed by atoms with Gasteiger partial charge in [-0.2, -0.15) is 5.26 Å². The summed E-state index contributed by atoms with van der Waals surface area (Å²) in [6.45, 7) is 0. The lowest BCUT2D eigenvalue weighted by atomic mass is 9.92. The van der Waals surface area contributed by atoms with Crippen molar-refractivity contribution in [1.29, 1.82) is 5.26 Å². The molecule has 0 spiro atoms. The van der Waals surface area contributed by atoms with Crippen LogP contribution in [-0.2, 0) is 4.79 Å². The van der Waals surface area contributed by atoms with Gasteiger partial charge in [-0.15, -0.1) is 0 Å². The predicted octanol–water partition coefficient (Wildman–Crippen LogP) is 3.43. The standard InChI is InChI=1S/C22H19F2NO4/c23-17-6-1-14(2-7-17)22(15-3-8-18(24)9-4-15)16(13-25)5-10-19(26)11-20(27)12-21(28)29/h1-10,19-20,26-27H,11-12H2,(H,28,29)/b10-5+. The fourth-order valence-electron chi connectivity index (χ4n) is 2.74. The van der Waals surface area contributed by atoms with Crippen LogP contribution in [0.25, 0.3) is 5.57 Å². The number of nitriles is 1. The third kappa shape index (κ3) is 6.64. The lowest BCUT2D eigenvalue weighted by Crippen LogP contribution is -2.19. The second-order valence-corrected chi connectivity index (χ2v) is 6.33. The van der Waals surface area contributed by atoms with Crippen molar-refractivity contribution in [2.45, 2.75) is 25.0 Å². The van der Waals surface area contributed by atoms with Crippen molar-refractivity contribution >= 4 is 11.5 Å². The first-order chi connectivity index (χ1) is 13.8. The van der Waals surface area contributed by atoms with E-state index in [9.17, 15) is 29.1 Å². The second kappa shape index (κ2) is 10.3. The Bertz CT molecular complexity index is 897. The third-order valence-corrected chi connectivity index (χ3v) is 4.06. The highest BCUT2D eigenvalue weighted by Crippen LogP contribution is 2.28. The molecule has 0 amide bonds. The number of carboxylic acid groups (broad SMARTS) is 1. The largest absolute Gasteiger partial charge is 0.481 e. The normalized spacial score (nSPS) is 12.9. The summed E-state index contributed by atoms with van der Waals surface area (Å²) in [6.07, 6.45) is -0.561. The lowest BCUT2D eigenvalue weighted by Gasteiger charge is -2.12. The molecule has 2 rings (SSSR count). The molecule has 5 nitrogen and oxygen atoms in total. The van der Waals surface area contributed by atoms with Crippen molar-refractivity contribution in [2.24, 2.45) is 0 Å². The van der Waals surface area contributed by atoms with Crippen LogP contribution in [0.1, 0.15) is 24.0 Å². The van der Waals surface area contributed by atoms with Crippen LogP contribution in [0.2, 0.25) is 0 Å². The van der Waals surface area contributed by atoms with Gasteiger partial charge in [0.1, 0.15) is 11.6 Å². The van der Waals surface area contributed by atoms with E-state index in [4.69, 9.17) is 5.11 Å². The monoisotopic (exact) mass is 399 g/mol. The number of carbonyl (C=O) groups is 1. The fourth-order valence-corrected chi connectivity index (χ4v) is 2.74. The van der Waals surface area contributed by atoms with E-state index in [0.717, 1.165) is 0 Å². The average Bonchev–Trinajstić information content (AvgIpc) is 2.66. The molecule has 0 bridgehead atoms. The molecule has 0 aliphatic carbocycles. The van der Waals surface area contributed by atoms with Gasteiger partial charge in [0.05, 0.1) is 30.3 Å². The van der Waals surface area contributed by atoms with Crippen molar-refractivity contribution in [2.75, 3.05) is 0 Å². The lowest BCUT2D eigenvalue weighted by molar-refractivity contribution is -0.139. The molecule has 0 aromatic heterocycles. The fraction of sp³-hybridized carbons (Fsp3) is 0.182. The zero-order valence-corrected chi connectivity index (χ0v) is 15.3. The Morgan fingerprint density at radius 1 is 1.00 bits per heavy atom. The van der Waals surface area contributed by atoms with Crippen LogP contribution in [0.3, 0.4) is 0 Å². The van der Waals surface area contributed by atoms with Gasteiger partial charge in [0, 0.05) is 12.0 Å². The number of hydrogen-bond donors (Lipinski definition) is 3. The maximum Gasteiger partial charge on any atom is 0.305 e. The molecule has 29 heavy (non-hydrogen) atoms. The van der Waals surface area contributed by atoms with E-state index < -0.39 is 36.2 Å². The molecule has 7 heteroatoms. The smallest absolute Gasteiger partial charge is 0.305 e. The molecule has 0 aliphatic heterocycles. The van der Waals surface area contributed by atoms with Gasteiger partial charge in [-0.3, -0.25) is 4.79 Å². The molecule has 3 N–H and O–H groups in total. The first-order valence-corrected chi connectivity index (χ1v) is 8.72. The van der Waals surface area contributed by atoms with Crippen LogP contribution < -0.4 is 0 Å². The average molecular weight is 399 g/mol. The Labute approximate surface area is 166 Å². The van der Waals surface area contributed by atoms with E-state index in [1.54, 1.807) is 0 Å². The highest BCUT2D eigenvalue weighted by Gasteiger charge is 2.15. The van der Waals surface area contributed by atoms with Gasteiger partial charge in [0.15, 0.2) is 0 Å². The van der Waals surface area contributed by atoms with E-state index in [1.807, 2.05) is 6.07 Å². The van der Waals surface area contributed by atoms with Crippen LogP contribution in [-0.4, -0.2) is 33.5 Å². The maximum atomic E-state index is 13.3. The quantitative estimate of drug-likeness (QED) is 0.466. The molecule has 0 heterocycles. The number of carboxylic acids is 1. The summed E-state index contributed by atoms with van der Waals surface area (Å²) in [5, 5.41) is 37.9. The Morgan fingerprint density at radius 3 is 1.90 bits per heavy atom. The summed E-state index contributed by atoms with van der Waals surface area (Å²) >= 11 is 0. The number of aliphatic hydroxyl groups is 2.